The Morgan fingerprint density at radius 2 is 1.67 bits per heavy atom. The lowest BCUT2D eigenvalue weighted by atomic mass is 10.1. The molecule has 0 aliphatic carbocycles. The zero-order valence-electron chi connectivity index (χ0n) is 14.3. The maximum absolute atomic E-state index is 13.7. The Bertz CT molecular complexity index is 1020. The van der Waals surface area contributed by atoms with Gasteiger partial charge in [-0.1, -0.05) is 29.8 Å². The number of amides is 2. The van der Waals surface area contributed by atoms with E-state index < -0.39 is 17.6 Å². The summed E-state index contributed by atoms with van der Waals surface area (Å²) in [6, 6.07) is 13.8. The molecule has 0 unspecified atom stereocenters. The SMILES string of the molecule is Cc1c(Cl)cccc1NC(=O)c1ccnc(C(=O)Nc2ccccc2F)c1. The van der Waals surface area contributed by atoms with Crippen molar-refractivity contribution in [1.82, 2.24) is 4.98 Å². The standard InChI is InChI=1S/C20H15ClFN3O2/c1-12-14(21)5-4-8-16(12)24-19(26)13-9-10-23-18(11-13)20(27)25-17-7-3-2-6-15(17)22/h2-11H,1H3,(H,24,26)(H,25,27). The second-order valence-electron chi connectivity index (χ2n) is 5.73. The molecule has 7 heteroatoms. The van der Waals surface area contributed by atoms with Crippen LogP contribution >= 0.6 is 11.6 Å². The number of benzene rings is 2. The zero-order chi connectivity index (χ0) is 19.4. The molecule has 0 radical (unpaired) electrons. The molecule has 0 atom stereocenters. The van der Waals surface area contributed by atoms with Crippen LogP contribution in [0.25, 0.3) is 0 Å². The van der Waals surface area contributed by atoms with Gasteiger partial charge < -0.3 is 10.6 Å². The van der Waals surface area contributed by atoms with Crippen LogP contribution < -0.4 is 10.6 Å². The molecule has 0 bridgehead atoms. The first kappa shape index (κ1) is 18.5. The minimum atomic E-state index is -0.617. The van der Waals surface area contributed by atoms with E-state index in [1.807, 2.05) is 0 Å². The smallest absolute Gasteiger partial charge is 0.274 e. The third-order valence-electron chi connectivity index (χ3n) is 3.89. The van der Waals surface area contributed by atoms with Crippen molar-refractivity contribution in [3.8, 4) is 0 Å². The van der Waals surface area contributed by atoms with E-state index in [1.54, 1.807) is 31.2 Å². The number of pyridine rings is 1. The highest BCUT2D eigenvalue weighted by Gasteiger charge is 2.14. The number of para-hydroxylation sites is 1. The van der Waals surface area contributed by atoms with Gasteiger partial charge in [0.15, 0.2) is 0 Å². The lowest BCUT2D eigenvalue weighted by molar-refractivity contribution is 0.102. The number of nitrogens with one attached hydrogen (secondary N) is 2. The third-order valence-corrected chi connectivity index (χ3v) is 4.30. The summed E-state index contributed by atoms with van der Waals surface area (Å²) in [6.45, 7) is 1.79. The number of halogens is 2. The number of aromatic nitrogens is 1. The highest BCUT2D eigenvalue weighted by atomic mass is 35.5. The van der Waals surface area contributed by atoms with Crippen LogP contribution in [0.15, 0.2) is 60.8 Å². The van der Waals surface area contributed by atoms with E-state index in [4.69, 9.17) is 11.6 Å². The second kappa shape index (κ2) is 7.97. The van der Waals surface area contributed by atoms with E-state index in [1.165, 1.54) is 36.5 Å². The molecule has 0 fully saturated rings. The molecule has 2 N–H and O–H groups in total. The van der Waals surface area contributed by atoms with E-state index in [0.717, 1.165) is 5.56 Å². The lowest BCUT2D eigenvalue weighted by Crippen LogP contribution is -2.17. The Balaban J connectivity index is 1.78. The molecule has 3 aromatic rings. The van der Waals surface area contributed by atoms with Gasteiger partial charge in [0.05, 0.1) is 5.69 Å². The first-order valence-electron chi connectivity index (χ1n) is 8.04. The normalized spacial score (nSPS) is 10.3. The van der Waals surface area contributed by atoms with Crippen LogP contribution in [-0.2, 0) is 0 Å². The average molecular weight is 384 g/mol. The Hall–Kier alpha value is -3.25. The van der Waals surface area contributed by atoms with E-state index in [2.05, 4.69) is 15.6 Å². The van der Waals surface area contributed by atoms with E-state index in [-0.39, 0.29) is 16.9 Å². The maximum Gasteiger partial charge on any atom is 0.274 e. The van der Waals surface area contributed by atoms with Crippen molar-refractivity contribution in [3.63, 3.8) is 0 Å². The Morgan fingerprint density at radius 1 is 0.963 bits per heavy atom. The molecule has 3 rings (SSSR count). The molecule has 2 amide bonds. The topological polar surface area (TPSA) is 71.1 Å². The predicted molar refractivity (Wildman–Crippen MR) is 103 cm³/mol. The second-order valence-corrected chi connectivity index (χ2v) is 6.14. The lowest BCUT2D eigenvalue weighted by Gasteiger charge is -2.10. The van der Waals surface area contributed by atoms with Crippen LogP contribution in [0.1, 0.15) is 26.4 Å². The predicted octanol–water partition coefficient (Wildman–Crippen LogP) is 4.69. The molecule has 2 aromatic carbocycles. The first-order chi connectivity index (χ1) is 13.0. The van der Waals surface area contributed by atoms with Gasteiger partial charge in [0.1, 0.15) is 11.5 Å². The van der Waals surface area contributed by atoms with E-state index in [9.17, 15) is 14.0 Å². The van der Waals surface area contributed by atoms with Gasteiger partial charge in [0.2, 0.25) is 0 Å². The molecule has 5 nitrogen and oxygen atoms in total. The van der Waals surface area contributed by atoms with E-state index >= 15 is 0 Å². The molecule has 0 aliphatic heterocycles. The molecule has 1 heterocycles. The van der Waals surface area contributed by atoms with Gasteiger partial charge in [0.25, 0.3) is 11.8 Å². The van der Waals surface area contributed by atoms with Crippen molar-refractivity contribution >= 4 is 34.8 Å². The van der Waals surface area contributed by atoms with Crippen molar-refractivity contribution in [2.24, 2.45) is 0 Å². The van der Waals surface area contributed by atoms with Gasteiger partial charge in [-0.2, -0.15) is 0 Å². The van der Waals surface area contributed by atoms with Crippen LogP contribution in [0.5, 0.6) is 0 Å². The Labute approximate surface area is 160 Å². The fraction of sp³-hybridized carbons (Fsp3) is 0.0500. The van der Waals surface area contributed by atoms with Crippen LogP contribution in [0.4, 0.5) is 15.8 Å². The van der Waals surface area contributed by atoms with Crippen LogP contribution in [-0.4, -0.2) is 16.8 Å². The van der Waals surface area contributed by atoms with Gasteiger partial charge in [-0.15, -0.1) is 0 Å². The Morgan fingerprint density at radius 3 is 2.44 bits per heavy atom. The monoisotopic (exact) mass is 383 g/mol. The molecule has 0 saturated heterocycles. The molecular formula is C20H15ClFN3O2. The summed E-state index contributed by atoms with van der Waals surface area (Å²) in [5.74, 6) is -1.59. The number of hydrogen-bond acceptors (Lipinski definition) is 3. The fourth-order valence-electron chi connectivity index (χ4n) is 2.38. The number of carbonyl (C=O) groups excluding carboxylic acids is 2. The molecule has 0 saturated carbocycles. The summed E-state index contributed by atoms with van der Waals surface area (Å²) in [7, 11) is 0. The number of nitrogens with zero attached hydrogens (tertiary/aromatic N) is 1. The van der Waals surface area contributed by atoms with Crippen LogP contribution in [0.2, 0.25) is 5.02 Å². The van der Waals surface area contributed by atoms with Crippen molar-refractivity contribution in [3.05, 3.63) is 88.5 Å². The highest BCUT2D eigenvalue weighted by molar-refractivity contribution is 6.31. The Kier molecular flexibility index (Phi) is 5.47. The summed E-state index contributed by atoms with van der Waals surface area (Å²) in [5, 5.41) is 5.72. The highest BCUT2D eigenvalue weighted by Crippen LogP contribution is 2.23. The van der Waals surface area contributed by atoms with Gasteiger partial charge in [-0.25, -0.2) is 4.39 Å². The van der Waals surface area contributed by atoms with Gasteiger partial charge in [0, 0.05) is 22.5 Å². The number of carbonyl (C=O) groups is 2. The minimum Gasteiger partial charge on any atom is -0.322 e. The molecule has 1 aromatic heterocycles. The van der Waals surface area contributed by atoms with Crippen molar-refractivity contribution in [1.29, 1.82) is 0 Å². The summed E-state index contributed by atoms with van der Waals surface area (Å²) in [6.07, 6.45) is 1.34. The molecular weight excluding hydrogens is 369 g/mol. The maximum atomic E-state index is 13.7. The summed E-state index contributed by atoms with van der Waals surface area (Å²) in [4.78, 5) is 28.8. The van der Waals surface area contributed by atoms with Gasteiger partial charge in [-0.05, 0) is 48.9 Å². The minimum absolute atomic E-state index is 0.00582. The first-order valence-corrected chi connectivity index (χ1v) is 8.42. The summed E-state index contributed by atoms with van der Waals surface area (Å²) >= 11 is 6.06. The average Bonchev–Trinajstić information content (AvgIpc) is 2.67. The molecule has 0 aliphatic rings. The van der Waals surface area contributed by atoms with Crippen molar-refractivity contribution in [2.75, 3.05) is 10.6 Å². The number of anilines is 2. The zero-order valence-corrected chi connectivity index (χ0v) is 15.0. The van der Waals surface area contributed by atoms with Crippen LogP contribution in [0, 0.1) is 12.7 Å². The molecule has 27 heavy (non-hydrogen) atoms. The number of hydrogen-bond donors (Lipinski definition) is 2. The summed E-state index contributed by atoms with van der Waals surface area (Å²) in [5.41, 5.74) is 1.58. The van der Waals surface area contributed by atoms with Gasteiger partial charge >= 0.3 is 0 Å². The quantitative estimate of drug-likeness (QED) is 0.686. The van der Waals surface area contributed by atoms with Crippen molar-refractivity contribution in [2.45, 2.75) is 6.92 Å². The molecule has 136 valence electrons. The largest absolute Gasteiger partial charge is 0.322 e. The van der Waals surface area contributed by atoms with Crippen LogP contribution in [0.3, 0.4) is 0 Å². The molecule has 0 spiro atoms. The van der Waals surface area contributed by atoms with Crippen molar-refractivity contribution < 1.29 is 14.0 Å². The fourth-order valence-corrected chi connectivity index (χ4v) is 2.56. The number of rotatable bonds is 4. The third kappa shape index (κ3) is 4.30. The summed E-state index contributed by atoms with van der Waals surface area (Å²) < 4.78 is 13.7. The van der Waals surface area contributed by atoms with Gasteiger partial charge in [-0.3, -0.25) is 14.6 Å². The van der Waals surface area contributed by atoms with E-state index in [0.29, 0.717) is 10.7 Å².